The fraction of sp³-hybridized carbons (Fsp3) is 0.367. The summed E-state index contributed by atoms with van der Waals surface area (Å²) >= 11 is 6.23. The van der Waals surface area contributed by atoms with Crippen LogP contribution in [0.5, 0.6) is 0 Å². The number of aryl methyl sites for hydroxylation is 1. The zero-order valence-corrected chi connectivity index (χ0v) is 24.6. The van der Waals surface area contributed by atoms with Crippen LogP contribution in [0, 0.1) is 5.82 Å². The average Bonchev–Trinajstić information content (AvgIpc) is 3.35. The third-order valence-electron chi connectivity index (χ3n) is 6.96. The topological polar surface area (TPSA) is 162 Å². The molecule has 4 aromatic rings. The molecule has 4 rings (SSSR count). The Bertz CT molecular complexity index is 1580. The monoisotopic (exact) mass is 596 g/mol. The van der Waals surface area contributed by atoms with Crippen LogP contribution in [-0.2, 0) is 17.7 Å². The van der Waals surface area contributed by atoms with Crippen LogP contribution >= 0.6 is 11.6 Å². The van der Waals surface area contributed by atoms with Crippen molar-refractivity contribution in [2.45, 2.75) is 51.2 Å². The number of nitrogens with zero attached hydrogens (tertiary/aromatic N) is 3. The second-order valence-corrected chi connectivity index (χ2v) is 10.9. The predicted molar refractivity (Wildman–Crippen MR) is 166 cm³/mol. The molecule has 0 aliphatic rings. The summed E-state index contributed by atoms with van der Waals surface area (Å²) < 4.78 is 21.8. The number of nitrogens with one attached hydrogen (secondary N) is 2. The standard InChI is InChI=1S/C30H38ClFN8O2/c1-18(33)4-3-5-20-12-24(27(32)25(31)13-20)26-14-21-16-40(30(41)39-28(21)38-26)23-8-6-19(7-9-23)15-37-22(17-42-2)10-11-36-29(34)35/h6-9,12-14,16,18,22,37H,3-5,10-11,15,17,33H2,1-2H3,(H4,34,35,36)(H,38,39,41)/t18-,22+/m0/s1. The van der Waals surface area contributed by atoms with E-state index in [0.29, 0.717) is 47.7 Å². The Morgan fingerprint density at radius 3 is 2.64 bits per heavy atom. The van der Waals surface area contributed by atoms with E-state index in [0.717, 1.165) is 36.8 Å². The highest BCUT2D eigenvalue weighted by Gasteiger charge is 2.16. The van der Waals surface area contributed by atoms with E-state index < -0.39 is 11.5 Å². The van der Waals surface area contributed by atoms with Gasteiger partial charge in [-0.2, -0.15) is 4.98 Å². The molecule has 0 aliphatic heterocycles. The summed E-state index contributed by atoms with van der Waals surface area (Å²) in [6.45, 7) is 3.58. The Morgan fingerprint density at radius 2 is 1.95 bits per heavy atom. The largest absolute Gasteiger partial charge is 0.383 e. The summed E-state index contributed by atoms with van der Waals surface area (Å²) in [5.41, 5.74) is 20.0. The number of ether oxygens (including phenoxy) is 1. The first-order valence-electron chi connectivity index (χ1n) is 13.9. The number of hydrogen-bond donors (Lipinski definition) is 5. The Kier molecular flexibility index (Phi) is 10.7. The molecule has 10 nitrogen and oxygen atoms in total. The third kappa shape index (κ3) is 8.16. The van der Waals surface area contributed by atoms with Gasteiger partial charge in [0.2, 0.25) is 0 Å². The molecule has 0 amide bonds. The van der Waals surface area contributed by atoms with Gasteiger partial charge in [-0.05, 0) is 74.1 Å². The Balaban J connectivity index is 1.51. The van der Waals surface area contributed by atoms with Gasteiger partial charge in [-0.25, -0.2) is 9.18 Å². The summed E-state index contributed by atoms with van der Waals surface area (Å²) in [6.07, 6.45) is 4.88. The summed E-state index contributed by atoms with van der Waals surface area (Å²) in [5, 5.41) is 4.16. The molecule has 0 bridgehead atoms. The van der Waals surface area contributed by atoms with Gasteiger partial charge in [0.25, 0.3) is 0 Å². The SMILES string of the molecule is COC[C@@H](CCN=C(N)N)NCc1ccc(-n2cc3cc(-c4cc(CCC[C@H](C)N)cc(Cl)c4F)[nH]c3nc2=O)cc1. The number of halogens is 2. The number of fused-ring (bicyclic) bond motifs is 1. The van der Waals surface area contributed by atoms with Crippen LogP contribution in [0.4, 0.5) is 4.39 Å². The van der Waals surface area contributed by atoms with Gasteiger partial charge in [-0.15, -0.1) is 0 Å². The van der Waals surface area contributed by atoms with Crippen molar-refractivity contribution in [3.05, 3.63) is 81.1 Å². The Labute approximate surface area is 249 Å². The molecule has 2 aromatic carbocycles. The van der Waals surface area contributed by atoms with Crippen molar-refractivity contribution in [3.63, 3.8) is 0 Å². The molecule has 2 heterocycles. The highest BCUT2D eigenvalue weighted by Crippen LogP contribution is 2.31. The second kappa shape index (κ2) is 14.4. The van der Waals surface area contributed by atoms with Crippen LogP contribution in [0.25, 0.3) is 28.0 Å². The van der Waals surface area contributed by atoms with Crippen molar-refractivity contribution in [2.75, 3.05) is 20.3 Å². The fourth-order valence-electron chi connectivity index (χ4n) is 4.77. The lowest BCUT2D eigenvalue weighted by Gasteiger charge is -2.17. The number of guanidine groups is 1. The van der Waals surface area contributed by atoms with Gasteiger partial charge >= 0.3 is 5.69 Å². The molecule has 8 N–H and O–H groups in total. The van der Waals surface area contributed by atoms with Gasteiger partial charge in [-0.1, -0.05) is 23.7 Å². The van der Waals surface area contributed by atoms with Crippen molar-refractivity contribution in [2.24, 2.45) is 22.2 Å². The van der Waals surface area contributed by atoms with Crippen LogP contribution in [0.1, 0.15) is 37.3 Å². The summed E-state index contributed by atoms with van der Waals surface area (Å²) in [6, 6.07) is 13.0. The van der Waals surface area contributed by atoms with E-state index >= 15 is 4.39 Å². The second-order valence-electron chi connectivity index (χ2n) is 10.5. The maximum absolute atomic E-state index is 15.1. The molecule has 42 heavy (non-hydrogen) atoms. The summed E-state index contributed by atoms with van der Waals surface area (Å²) in [4.78, 5) is 24.2. The van der Waals surface area contributed by atoms with Crippen molar-refractivity contribution in [3.8, 4) is 16.9 Å². The molecule has 0 saturated carbocycles. The number of nitrogens with two attached hydrogens (primary N) is 3. The quantitative estimate of drug-likeness (QED) is 0.110. The fourth-order valence-corrected chi connectivity index (χ4v) is 5.01. The van der Waals surface area contributed by atoms with E-state index in [2.05, 4.69) is 20.3 Å². The van der Waals surface area contributed by atoms with Gasteiger partial charge in [0.05, 0.1) is 23.0 Å². The highest BCUT2D eigenvalue weighted by molar-refractivity contribution is 6.31. The molecule has 0 fully saturated rings. The number of H-pyrrole nitrogens is 1. The number of aromatic amines is 1. The van der Waals surface area contributed by atoms with Crippen LogP contribution in [-0.4, -0.2) is 52.8 Å². The molecule has 12 heteroatoms. The maximum atomic E-state index is 15.1. The highest BCUT2D eigenvalue weighted by atomic mass is 35.5. The van der Waals surface area contributed by atoms with Gasteiger partial charge in [0.15, 0.2) is 11.8 Å². The maximum Gasteiger partial charge on any atom is 0.354 e. The van der Waals surface area contributed by atoms with Gasteiger partial charge in [0.1, 0.15) is 5.65 Å². The lowest BCUT2D eigenvalue weighted by molar-refractivity contribution is 0.162. The van der Waals surface area contributed by atoms with Gasteiger partial charge < -0.3 is 32.2 Å². The van der Waals surface area contributed by atoms with E-state index in [-0.39, 0.29) is 23.1 Å². The molecular formula is C30H38ClFN8O2. The van der Waals surface area contributed by atoms with E-state index in [4.69, 9.17) is 33.5 Å². The van der Waals surface area contributed by atoms with E-state index in [1.807, 2.05) is 31.2 Å². The zero-order valence-electron chi connectivity index (χ0n) is 23.9. The van der Waals surface area contributed by atoms with Crippen LogP contribution in [0.2, 0.25) is 5.02 Å². The lowest BCUT2D eigenvalue weighted by Crippen LogP contribution is -2.34. The van der Waals surface area contributed by atoms with E-state index in [1.54, 1.807) is 31.5 Å². The van der Waals surface area contributed by atoms with Crippen LogP contribution in [0.3, 0.4) is 0 Å². The molecule has 0 spiro atoms. The summed E-state index contributed by atoms with van der Waals surface area (Å²) in [5.74, 6) is -0.461. The normalized spacial score (nSPS) is 12.9. The minimum atomic E-state index is -0.525. The van der Waals surface area contributed by atoms with E-state index in [1.165, 1.54) is 4.57 Å². The zero-order chi connectivity index (χ0) is 30.2. The average molecular weight is 597 g/mol. The van der Waals surface area contributed by atoms with Crippen molar-refractivity contribution in [1.29, 1.82) is 0 Å². The van der Waals surface area contributed by atoms with Crippen LogP contribution in [0.15, 0.2) is 58.4 Å². The lowest BCUT2D eigenvalue weighted by atomic mass is 10.0. The number of benzene rings is 2. The van der Waals surface area contributed by atoms with Crippen molar-refractivity contribution < 1.29 is 9.13 Å². The molecule has 0 aliphatic carbocycles. The Hall–Kier alpha value is -3.77. The van der Waals surface area contributed by atoms with Crippen LogP contribution < -0.4 is 28.2 Å². The first kappa shape index (κ1) is 31.2. The minimum absolute atomic E-state index is 0.0476. The van der Waals surface area contributed by atoms with Gasteiger partial charge in [-0.3, -0.25) is 9.56 Å². The number of hydrogen-bond acceptors (Lipinski definition) is 6. The smallest absolute Gasteiger partial charge is 0.354 e. The molecule has 2 aromatic heterocycles. The predicted octanol–water partition coefficient (Wildman–Crippen LogP) is 3.61. The van der Waals surface area contributed by atoms with Crippen molar-refractivity contribution in [1.82, 2.24) is 19.9 Å². The molecule has 0 saturated heterocycles. The molecule has 2 atom stereocenters. The number of methoxy groups -OCH3 is 1. The van der Waals surface area contributed by atoms with Gasteiger partial charge in [0, 0.05) is 49.4 Å². The first-order valence-corrected chi connectivity index (χ1v) is 14.3. The molecular weight excluding hydrogens is 559 g/mol. The summed E-state index contributed by atoms with van der Waals surface area (Å²) in [7, 11) is 1.65. The third-order valence-corrected chi connectivity index (χ3v) is 7.24. The van der Waals surface area contributed by atoms with Crippen molar-refractivity contribution >= 4 is 28.6 Å². The molecule has 0 unspecified atom stereocenters. The number of aromatic nitrogens is 3. The van der Waals surface area contributed by atoms with E-state index in [9.17, 15) is 4.79 Å². The number of aliphatic imine (C=N–C) groups is 1. The molecule has 0 radical (unpaired) electrons. The minimum Gasteiger partial charge on any atom is -0.383 e. The molecule has 224 valence electrons. The first-order chi connectivity index (χ1) is 20.1. The number of rotatable bonds is 14. The Morgan fingerprint density at radius 1 is 1.19 bits per heavy atom.